The van der Waals surface area contributed by atoms with Crippen molar-refractivity contribution in [3.8, 4) is 0 Å². The van der Waals surface area contributed by atoms with Crippen LogP contribution in [0.5, 0.6) is 0 Å². The summed E-state index contributed by atoms with van der Waals surface area (Å²) in [5, 5.41) is 0. The Hall–Kier alpha value is -0.910. The van der Waals surface area contributed by atoms with Crippen LogP contribution in [0.2, 0.25) is 0 Å². The molecule has 0 N–H and O–H groups in total. The van der Waals surface area contributed by atoms with Gasteiger partial charge >= 0.3 is 0 Å². The lowest BCUT2D eigenvalue weighted by Crippen LogP contribution is -1.94. The van der Waals surface area contributed by atoms with Crippen molar-refractivity contribution in [3.05, 3.63) is 43.4 Å². The van der Waals surface area contributed by atoms with Gasteiger partial charge in [-0.1, -0.05) is 43.4 Å². The molecule has 0 spiro atoms. The Labute approximate surface area is 90.4 Å². The molecule has 0 amide bonds. The lowest BCUT2D eigenvalue weighted by Gasteiger charge is -1.95. The first kappa shape index (κ1) is 15.6. The number of allylic oxidation sites excluding steroid dienone is 5. The molecule has 0 aliphatic rings. The highest BCUT2D eigenvalue weighted by atomic mass is 14.0. The van der Waals surface area contributed by atoms with Crippen molar-refractivity contribution < 1.29 is 0 Å². The van der Waals surface area contributed by atoms with Gasteiger partial charge < -0.3 is 0 Å². The maximum Gasteiger partial charge on any atom is 0.0970 e. The fraction of sp³-hybridized carbons (Fsp3) is 0.500. The second-order valence-electron chi connectivity index (χ2n) is 4.51. The highest BCUT2D eigenvalue weighted by Crippen LogP contribution is 2.07. The molecule has 0 heterocycles. The van der Waals surface area contributed by atoms with Gasteiger partial charge in [0.15, 0.2) is 0 Å². The van der Waals surface area contributed by atoms with Gasteiger partial charge in [0, 0.05) is 0 Å². The van der Waals surface area contributed by atoms with E-state index < -0.39 is 0 Å². The normalized spacial score (nSPS) is 12.2. The Morgan fingerprint density at radius 3 is 2.07 bits per heavy atom. The van der Waals surface area contributed by atoms with Crippen molar-refractivity contribution in [1.82, 2.24) is 0 Å². The molecule has 0 fully saturated rings. The Morgan fingerprint density at radius 1 is 1.36 bits per heavy atom. The van der Waals surface area contributed by atoms with Gasteiger partial charge in [-0.2, -0.15) is 0 Å². The minimum atomic E-state index is 0.250. The molecule has 0 saturated carbocycles. The van der Waals surface area contributed by atoms with E-state index in [4.69, 9.17) is 0 Å². The summed E-state index contributed by atoms with van der Waals surface area (Å²) < 4.78 is 0. The zero-order valence-corrected chi connectivity index (χ0v) is 10.4. The highest BCUT2D eigenvalue weighted by Gasteiger charge is 2.05. The lowest BCUT2D eigenvalue weighted by atomic mass is 10.0. The molecule has 0 aliphatic heterocycles. The summed E-state index contributed by atoms with van der Waals surface area (Å²) in [6.07, 6.45) is 9.17. The van der Waals surface area contributed by atoms with Gasteiger partial charge in [-0.05, 0) is 34.1 Å². The first-order valence-corrected chi connectivity index (χ1v) is 5.12. The summed E-state index contributed by atoms with van der Waals surface area (Å²) in [5.74, 6) is 0. The molecule has 0 rings (SSSR count). The van der Waals surface area contributed by atoms with Crippen LogP contribution < -0.4 is 0 Å². The smallest absolute Gasteiger partial charge is 0.0970 e. The molecule has 0 bridgehead atoms. The zero-order valence-electron chi connectivity index (χ0n) is 10.4. The third kappa shape index (κ3) is 30.4. The first-order valence-electron chi connectivity index (χ1n) is 5.12. The van der Waals surface area contributed by atoms with E-state index in [1.807, 2.05) is 13.0 Å². The molecule has 0 heteroatoms. The molecule has 14 heavy (non-hydrogen) atoms. The maximum atomic E-state index is 3.77. The van der Waals surface area contributed by atoms with Crippen molar-refractivity contribution in [1.29, 1.82) is 0 Å². The van der Waals surface area contributed by atoms with Gasteiger partial charge in [-0.25, -0.2) is 0 Å². The van der Waals surface area contributed by atoms with E-state index in [1.54, 1.807) is 0 Å². The maximum absolute atomic E-state index is 3.77. The number of rotatable bonds is 3. The Balaban J connectivity index is 0. The minimum absolute atomic E-state index is 0.250. The van der Waals surface area contributed by atoms with Crippen molar-refractivity contribution in [3.63, 3.8) is 0 Å². The summed E-state index contributed by atoms with van der Waals surface area (Å²) >= 11 is 0. The molecule has 0 unspecified atom stereocenters. The molecule has 0 saturated heterocycles. The average Bonchev–Trinajstić information content (AvgIpc) is 2.01. The van der Waals surface area contributed by atoms with Gasteiger partial charge in [-0.15, -0.1) is 0 Å². The van der Waals surface area contributed by atoms with Crippen LogP contribution in [-0.4, -0.2) is 0 Å². The number of hydrogen-bond acceptors (Lipinski definition) is 0. The monoisotopic (exact) mass is 193 g/mol. The third-order valence-electron chi connectivity index (χ3n) is 1.05. The number of hydrogen-bond donors (Lipinski definition) is 0. The average molecular weight is 193 g/mol. The van der Waals surface area contributed by atoms with Gasteiger partial charge in [0.2, 0.25) is 0 Å². The molecule has 80 valence electrons. The molecule has 0 atom stereocenters. The van der Waals surface area contributed by atoms with E-state index in [-0.39, 0.29) is 5.41 Å². The molecule has 0 aliphatic carbocycles. The SMILES string of the molecule is C=C/C(C)=C\C=C\CC.[CH2+]C(C)(C)C. The van der Waals surface area contributed by atoms with Gasteiger partial charge in [0.05, 0.1) is 12.3 Å². The van der Waals surface area contributed by atoms with Crippen LogP contribution in [0.1, 0.15) is 41.0 Å². The van der Waals surface area contributed by atoms with Crippen LogP contribution in [0.3, 0.4) is 0 Å². The quantitative estimate of drug-likeness (QED) is 0.439. The molecule has 0 radical (unpaired) electrons. The fourth-order valence-corrected chi connectivity index (χ4v) is 0.424. The van der Waals surface area contributed by atoms with Crippen molar-refractivity contribution in [2.45, 2.75) is 41.0 Å². The van der Waals surface area contributed by atoms with Crippen molar-refractivity contribution in [2.75, 3.05) is 0 Å². The summed E-state index contributed by atoms with van der Waals surface area (Å²) in [5.41, 5.74) is 1.46. The summed E-state index contributed by atoms with van der Waals surface area (Å²) in [7, 11) is 0. The molecule has 0 aromatic carbocycles. The van der Waals surface area contributed by atoms with Gasteiger partial charge in [-0.3, -0.25) is 0 Å². The second kappa shape index (κ2) is 8.68. The van der Waals surface area contributed by atoms with E-state index >= 15 is 0 Å². The predicted molar refractivity (Wildman–Crippen MR) is 68.2 cm³/mol. The second-order valence-corrected chi connectivity index (χ2v) is 4.51. The van der Waals surface area contributed by atoms with Crippen molar-refractivity contribution >= 4 is 0 Å². The fourth-order valence-electron chi connectivity index (χ4n) is 0.424. The summed E-state index contributed by atoms with van der Waals surface area (Å²) in [6, 6.07) is 0. The largest absolute Gasteiger partial charge is 0.0988 e. The third-order valence-corrected chi connectivity index (χ3v) is 1.05. The Morgan fingerprint density at radius 2 is 1.79 bits per heavy atom. The van der Waals surface area contributed by atoms with Crippen molar-refractivity contribution in [2.24, 2.45) is 5.41 Å². The minimum Gasteiger partial charge on any atom is -0.0988 e. The Bertz CT molecular complexity index is 181. The standard InChI is InChI=1S/C9H14.C5H11/c1-4-6-7-8-9(3)5-2;1-5(2,3)4/h5-8H,2,4H2,1,3H3;1H2,2-4H3/q;+1/b7-6+,9-8-;. The molecule has 0 aromatic rings. The van der Waals surface area contributed by atoms with Gasteiger partial charge in [0.1, 0.15) is 0 Å². The lowest BCUT2D eigenvalue weighted by molar-refractivity contribution is 0.539. The molecule has 0 aromatic heterocycles. The molecular weight excluding hydrogens is 168 g/mol. The molecular formula is C14H25+. The first-order chi connectivity index (χ1) is 6.31. The van der Waals surface area contributed by atoms with E-state index in [0.29, 0.717) is 0 Å². The van der Waals surface area contributed by atoms with Crippen LogP contribution >= 0.6 is 0 Å². The van der Waals surface area contributed by atoms with Crippen LogP contribution in [0, 0.1) is 12.3 Å². The summed E-state index contributed by atoms with van der Waals surface area (Å²) in [6.45, 7) is 17.8. The van der Waals surface area contributed by atoms with E-state index in [1.165, 1.54) is 5.57 Å². The van der Waals surface area contributed by atoms with Gasteiger partial charge in [0.25, 0.3) is 0 Å². The van der Waals surface area contributed by atoms with Crippen LogP contribution in [-0.2, 0) is 0 Å². The topological polar surface area (TPSA) is 0 Å². The zero-order chi connectivity index (χ0) is 11.6. The molecule has 0 nitrogen and oxygen atoms in total. The van der Waals surface area contributed by atoms with E-state index in [0.717, 1.165) is 6.42 Å². The van der Waals surface area contributed by atoms with E-state index in [2.05, 4.69) is 59.4 Å². The van der Waals surface area contributed by atoms with Crippen LogP contribution in [0.4, 0.5) is 0 Å². The van der Waals surface area contributed by atoms with E-state index in [9.17, 15) is 0 Å². The van der Waals surface area contributed by atoms with Crippen LogP contribution in [0.25, 0.3) is 0 Å². The van der Waals surface area contributed by atoms with Crippen LogP contribution in [0.15, 0.2) is 36.5 Å². The summed E-state index contributed by atoms with van der Waals surface area (Å²) in [4.78, 5) is 0. The predicted octanol–water partition coefficient (Wildman–Crippen LogP) is 4.95. The Kier molecular flexibility index (Phi) is 9.64. The highest BCUT2D eigenvalue weighted by molar-refractivity contribution is 5.19.